The van der Waals surface area contributed by atoms with Gasteiger partial charge in [0.1, 0.15) is 12.2 Å². The Balaban J connectivity index is 2.30. The van der Waals surface area contributed by atoms with E-state index in [1.54, 1.807) is 12.1 Å². The summed E-state index contributed by atoms with van der Waals surface area (Å²) >= 11 is 0. The van der Waals surface area contributed by atoms with E-state index in [1.807, 2.05) is 0 Å². The zero-order chi connectivity index (χ0) is 9.97. The van der Waals surface area contributed by atoms with Gasteiger partial charge >= 0.3 is 0 Å². The average Bonchev–Trinajstić information content (AvgIpc) is 2.65. The highest BCUT2D eigenvalue weighted by Crippen LogP contribution is 2.18. The fourth-order valence-corrected chi connectivity index (χ4v) is 1.26. The number of halogens is 1. The van der Waals surface area contributed by atoms with Gasteiger partial charge in [-0.3, -0.25) is 4.79 Å². The van der Waals surface area contributed by atoms with E-state index in [9.17, 15) is 9.18 Å². The van der Waals surface area contributed by atoms with Crippen LogP contribution >= 0.6 is 0 Å². The Bertz CT molecular complexity index is 380. The number of benzene rings is 1. The molecule has 1 heterocycles. The molecule has 1 N–H and O–H groups in total. The molecule has 0 saturated carbocycles. The van der Waals surface area contributed by atoms with Crippen molar-refractivity contribution in [1.82, 2.24) is 5.32 Å². The number of hydrogen-bond acceptors (Lipinski definition) is 4. The molecular formula is C9H8FN3O. The second-order valence-electron chi connectivity index (χ2n) is 2.82. The van der Waals surface area contributed by atoms with Gasteiger partial charge in [-0.05, 0) is 18.2 Å². The lowest BCUT2D eigenvalue weighted by Crippen LogP contribution is -2.37. The number of anilines is 1. The summed E-state index contributed by atoms with van der Waals surface area (Å²) in [6.45, 7) is 0. The SMILES string of the molecule is O=CC1NC=NN1c1cccc(F)c1. The Hall–Kier alpha value is -1.91. The Labute approximate surface area is 80.0 Å². The van der Waals surface area contributed by atoms with Gasteiger partial charge in [-0.1, -0.05) is 6.07 Å². The lowest BCUT2D eigenvalue weighted by Gasteiger charge is -2.18. The van der Waals surface area contributed by atoms with Gasteiger partial charge in [-0.2, -0.15) is 5.10 Å². The highest BCUT2D eigenvalue weighted by Gasteiger charge is 2.20. The van der Waals surface area contributed by atoms with E-state index in [1.165, 1.54) is 23.5 Å². The molecule has 0 amide bonds. The summed E-state index contributed by atoms with van der Waals surface area (Å²) in [5.74, 6) is -0.353. The average molecular weight is 193 g/mol. The molecule has 5 heteroatoms. The van der Waals surface area contributed by atoms with Gasteiger partial charge in [0.15, 0.2) is 12.5 Å². The zero-order valence-electron chi connectivity index (χ0n) is 7.22. The van der Waals surface area contributed by atoms with Crippen molar-refractivity contribution in [3.05, 3.63) is 30.1 Å². The number of hydrogen-bond donors (Lipinski definition) is 1. The van der Waals surface area contributed by atoms with Crippen LogP contribution in [0, 0.1) is 5.82 Å². The molecule has 0 radical (unpaired) electrons. The van der Waals surface area contributed by atoms with Crippen LogP contribution in [0.25, 0.3) is 0 Å². The minimum Gasteiger partial charge on any atom is -0.347 e. The van der Waals surface area contributed by atoms with E-state index in [2.05, 4.69) is 10.4 Å². The van der Waals surface area contributed by atoms with Crippen LogP contribution in [-0.4, -0.2) is 18.8 Å². The van der Waals surface area contributed by atoms with Crippen molar-refractivity contribution in [3.63, 3.8) is 0 Å². The second-order valence-corrected chi connectivity index (χ2v) is 2.82. The predicted octanol–water partition coefficient (Wildman–Crippen LogP) is 0.704. The van der Waals surface area contributed by atoms with Crippen LogP contribution < -0.4 is 10.3 Å². The maximum Gasteiger partial charge on any atom is 0.178 e. The summed E-state index contributed by atoms with van der Waals surface area (Å²) < 4.78 is 12.9. The Morgan fingerprint density at radius 2 is 2.43 bits per heavy atom. The van der Waals surface area contributed by atoms with Crippen molar-refractivity contribution >= 4 is 18.3 Å². The Kier molecular flexibility index (Phi) is 2.14. The maximum atomic E-state index is 12.9. The van der Waals surface area contributed by atoms with Crippen LogP contribution in [-0.2, 0) is 4.79 Å². The molecule has 1 aliphatic rings. The smallest absolute Gasteiger partial charge is 0.178 e. The first kappa shape index (κ1) is 8.68. The number of carbonyl (C=O) groups excluding carboxylic acids is 1. The molecule has 1 aromatic rings. The minimum atomic E-state index is -0.545. The van der Waals surface area contributed by atoms with Crippen molar-refractivity contribution < 1.29 is 9.18 Å². The van der Waals surface area contributed by atoms with E-state index >= 15 is 0 Å². The van der Waals surface area contributed by atoms with Crippen LogP contribution in [0.5, 0.6) is 0 Å². The first-order chi connectivity index (χ1) is 6.81. The molecule has 14 heavy (non-hydrogen) atoms. The van der Waals surface area contributed by atoms with E-state index in [0.717, 1.165) is 0 Å². The zero-order valence-corrected chi connectivity index (χ0v) is 7.22. The van der Waals surface area contributed by atoms with Gasteiger partial charge in [-0.25, -0.2) is 9.40 Å². The highest BCUT2D eigenvalue weighted by molar-refractivity contribution is 5.75. The van der Waals surface area contributed by atoms with Crippen LogP contribution in [0.3, 0.4) is 0 Å². The van der Waals surface area contributed by atoms with Crippen LogP contribution in [0.15, 0.2) is 29.4 Å². The quantitative estimate of drug-likeness (QED) is 0.703. The standard InChI is InChI=1S/C9H8FN3O/c10-7-2-1-3-8(4-7)13-9(5-14)11-6-12-13/h1-6,9H,(H,11,12). The largest absolute Gasteiger partial charge is 0.347 e. The minimum absolute atomic E-state index is 0.353. The van der Waals surface area contributed by atoms with Crippen molar-refractivity contribution in [3.8, 4) is 0 Å². The van der Waals surface area contributed by atoms with E-state index in [4.69, 9.17) is 0 Å². The van der Waals surface area contributed by atoms with E-state index in [-0.39, 0.29) is 5.82 Å². The van der Waals surface area contributed by atoms with Crippen molar-refractivity contribution in [1.29, 1.82) is 0 Å². The second kappa shape index (κ2) is 3.45. The third kappa shape index (κ3) is 1.44. The van der Waals surface area contributed by atoms with E-state index < -0.39 is 6.17 Å². The maximum absolute atomic E-state index is 12.9. The molecule has 1 aliphatic heterocycles. The van der Waals surface area contributed by atoms with Crippen molar-refractivity contribution in [2.24, 2.45) is 5.10 Å². The summed E-state index contributed by atoms with van der Waals surface area (Å²) in [4.78, 5) is 10.6. The number of nitrogens with zero attached hydrogens (tertiary/aromatic N) is 2. The third-order valence-corrected chi connectivity index (χ3v) is 1.89. The molecule has 0 spiro atoms. The van der Waals surface area contributed by atoms with Gasteiger partial charge in [-0.15, -0.1) is 0 Å². The van der Waals surface area contributed by atoms with Gasteiger partial charge in [0.25, 0.3) is 0 Å². The van der Waals surface area contributed by atoms with Crippen LogP contribution in [0.1, 0.15) is 0 Å². The fourth-order valence-electron chi connectivity index (χ4n) is 1.26. The number of rotatable bonds is 2. The van der Waals surface area contributed by atoms with Crippen LogP contribution in [0.4, 0.5) is 10.1 Å². The Morgan fingerprint density at radius 3 is 3.14 bits per heavy atom. The van der Waals surface area contributed by atoms with Crippen molar-refractivity contribution in [2.45, 2.75) is 6.17 Å². The molecule has 0 aromatic heterocycles. The van der Waals surface area contributed by atoms with Gasteiger partial charge in [0.05, 0.1) is 5.69 Å². The Morgan fingerprint density at radius 1 is 1.57 bits per heavy atom. The molecule has 0 saturated heterocycles. The number of carbonyl (C=O) groups is 1. The first-order valence-electron chi connectivity index (χ1n) is 4.10. The fraction of sp³-hybridized carbons (Fsp3) is 0.111. The molecule has 1 aromatic carbocycles. The lowest BCUT2D eigenvalue weighted by atomic mass is 10.3. The lowest BCUT2D eigenvalue weighted by molar-refractivity contribution is -0.109. The summed E-state index contributed by atoms with van der Waals surface area (Å²) in [5.41, 5.74) is 0.545. The molecule has 1 atom stereocenters. The van der Waals surface area contributed by atoms with E-state index in [0.29, 0.717) is 12.0 Å². The summed E-state index contributed by atoms with van der Waals surface area (Å²) in [7, 11) is 0. The number of hydrazone groups is 1. The normalized spacial score (nSPS) is 19.5. The molecule has 0 fully saturated rings. The molecule has 72 valence electrons. The van der Waals surface area contributed by atoms with Crippen molar-refractivity contribution in [2.75, 3.05) is 5.01 Å². The molecule has 4 nitrogen and oxygen atoms in total. The number of aldehydes is 1. The topological polar surface area (TPSA) is 44.7 Å². The number of nitrogens with one attached hydrogen (secondary N) is 1. The van der Waals surface area contributed by atoms with Gasteiger partial charge in [0.2, 0.25) is 0 Å². The molecule has 2 rings (SSSR count). The summed E-state index contributed by atoms with van der Waals surface area (Å²) in [5, 5.41) is 8.03. The van der Waals surface area contributed by atoms with Gasteiger partial charge < -0.3 is 5.32 Å². The highest BCUT2D eigenvalue weighted by atomic mass is 19.1. The first-order valence-corrected chi connectivity index (χ1v) is 4.10. The molecule has 0 aliphatic carbocycles. The summed E-state index contributed by atoms with van der Waals surface area (Å²) in [6.07, 6.45) is 1.57. The molecular weight excluding hydrogens is 185 g/mol. The molecule has 1 unspecified atom stereocenters. The third-order valence-electron chi connectivity index (χ3n) is 1.89. The summed E-state index contributed by atoms with van der Waals surface area (Å²) in [6, 6.07) is 5.91. The predicted molar refractivity (Wildman–Crippen MR) is 50.4 cm³/mol. The van der Waals surface area contributed by atoms with Gasteiger partial charge in [0, 0.05) is 0 Å². The van der Waals surface area contributed by atoms with Crippen LogP contribution in [0.2, 0.25) is 0 Å². The monoisotopic (exact) mass is 193 g/mol. The molecule has 0 bridgehead atoms.